The fourth-order valence-corrected chi connectivity index (χ4v) is 4.31. The quantitative estimate of drug-likeness (QED) is 0.409. The fourth-order valence-electron chi connectivity index (χ4n) is 3.37. The Bertz CT molecular complexity index is 1230. The second-order valence-electron chi connectivity index (χ2n) is 6.75. The number of carbonyl (C=O) groups is 1. The summed E-state index contributed by atoms with van der Waals surface area (Å²) in [6.45, 7) is 0.280. The minimum absolute atomic E-state index is 0.0295. The van der Waals surface area contributed by atoms with Gasteiger partial charge >= 0.3 is 0 Å². The number of rotatable bonds is 5. The predicted molar refractivity (Wildman–Crippen MR) is 112 cm³/mol. The highest BCUT2D eigenvalue weighted by atomic mass is 32.2. The van der Waals surface area contributed by atoms with Gasteiger partial charge < -0.3 is 4.90 Å². The number of hydrogen-bond donors (Lipinski definition) is 0. The van der Waals surface area contributed by atoms with Crippen LogP contribution in [-0.2, 0) is 6.42 Å². The van der Waals surface area contributed by atoms with E-state index >= 15 is 0 Å². The average molecular weight is 439 g/mol. The van der Waals surface area contributed by atoms with Crippen molar-refractivity contribution < 1.29 is 19.0 Å². The van der Waals surface area contributed by atoms with Gasteiger partial charge in [0.2, 0.25) is 0 Å². The number of halogens is 1. The zero-order valence-corrected chi connectivity index (χ0v) is 16.7. The van der Waals surface area contributed by atoms with Gasteiger partial charge in [-0.05, 0) is 30.2 Å². The number of nitro groups is 2. The highest BCUT2D eigenvalue weighted by Crippen LogP contribution is 2.37. The van der Waals surface area contributed by atoms with Gasteiger partial charge in [-0.3, -0.25) is 25.0 Å². The van der Waals surface area contributed by atoms with E-state index in [9.17, 15) is 29.4 Å². The molecule has 0 saturated carbocycles. The van der Waals surface area contributed by atoms with E-state index in [0.717, 1.165) is 23.4 Å². The molecule has 1 heterocycles. The number of nitrogens with zero attached hydrogens (tertiary/aromatic N) is 3. The Balaban J connectivity index is 1.77. The zero-order chi connectivity index (χ0) is 22.1. The maximum atomic E-state index is 14.1. The standard InChI is InChI=1S/C21H14FN3O5S/c22-17-3-1-2-4-20(17)31-19-8-7-14(24(27)28)11-16(19)21(26)23-10-9-13-5-6-15(25(29)30)12-18(13)23/h1-8,11-12H,9-10H2. The number of anilines is 1. The number of fused-ring (bicyclic) bond motifs is 1. The minimum atomic E-state index is -0.614. The lowest BCUT2D eigenvalue weighted by Crippen LogP contribution is -2.29. The van der Waals surface area contributed by atoms with E-state index in [1.165, 1.54) is 41.3 Å². The summed E-state index contributed by atoms with van der Waals surface area (Å²) in [4.78, 5) is 36.6. The third-order valence-corrected chi connectivity index (χ3v) is 6.01. The molecule has 1 amide bonds. The summed E-state index contributed by atoms with van der Waals surface area (Å²) in [5.74, 6) is -1.02. The Labute approximate surface area is 179 Å². The topological polar surface area (TPSA) is 107 Å². The van der Waals surface area contributed by atoms with Crippen molar-refractivity contribution in [2.45, 2.75) is 16.2 Å². The first-order valence-electron chi connectivity index (χ1n) is 9.15. The average Bonchev–Trinajstić information content (AvgIpc) is 3.18. The fraction of sp³-hybridized carbons (Fsp3) is 0.0952. The molecule has 0 spiro atoms. The number of amides is 1. The van der Waals surface area contributed by atoms with Gasteiger partial charge in [0.1, 0.15) is 5.82 Å². The van der Waals surface area contributed by atoms with Gasteiger partial charge in [-0.2, -0.15) is 0 Å². The number of carbonyl (C=O) groups excluding carboxylic acids is 1. The molecule has 0 saturated heterocycles. The molecule has 4 rings (SSSR count). The van der Waals surface area contributed by atoms with Crippen LogP contribution in [0.15, 0.2) is 70.5 Å². The Morgan fingerprint density at radius 2 is 1.61 bits per heavy atom. The first-order chi connectivity index (χ1) is 14.8. The van der Waals surface area contributed by atoms with E-state index in [0.29, 0.717) is 17.0 Å². The van der Waals surface area contributed by atoms with Crippen molar-refractivity contribution in [1.82, 2.24) is 0 Å². The lowest BCUT2D eigenvalue weighted by Gasteiger charge is -2.19. The van der Waals surface area contributed by atoms with Crippen LogP contribution in [0.25, 0.3) is 0 Å². The number of hydrogen-bond acceptors (Lipinski definition) is 6. The highest BCUT2D eigenvalue weighted by molar-refractivity contribution is 7.99. The molecule has 0 aromatic heterocycles. The van der Waals surface area contributed by atoms with Crippen LogP contribution in [0.1, 0.15) is 15.9 Å². The van der Waals surface area contributed by atoms with Crippen molar-refractivity contribution >= 4 is 34.7 Å². The van der Waals surface area contributed by atoms with Crippen LogP contribution in [0.2, 0.25) is 0 Å². The van der Waals surface area contributed by atoms with E-state index in [1.807, 2.05) is 0 Å². The van der Waals surface area contributed by atoms with Gasteiger partial charge in [0, 0.05) is 40.6 Å². The minimum Gasteiger partial charge on any atom is -0.307 e. The molecule has 0 unspecified atom stereocenters. The molecule has 3 aromatic carbocycles. The van der Waals surface area contributed by atoms with Crippen molar-refractivity contribution in [2.75, 3.05) is 11.4 Å². The third-order valence-electron chi connectivity index (χ3n) is 4.88. The van der Waals surface area contributed by atoms with Crippen LogP contribution >= 0.6 is 11.8 Å². The van der Waals surface area contributed by atoms with E-state index in [2.05, 4.69) is 0 Å². The molecule has 0 aliphatic carbocycles. The number of nitro benzene ring substituents is 2. The molecule has 0 N–H and O–H groups in total. The van der Waals surface area contributed by atoms with Gasteiger partial charge in [0.05, 0.1) is 21.1 Å². The van der Waals surface area contributed by atoms with Gasteiger partial charge in [-0.1, -0.05) is 30.0 Å². The largest absolute Gasteiger partial charge is 0.307 e. The van der Waals surface area contributed by atoms with Crippen LogP contribution in [0, 0.1) is 26.0 Å². The molecule has 0 fully saturated rings. The third kappa shape index (κ3) is 3.97. The second-order valence-corrected chi connectivity index (χ2v) is 7.83. The summed E-state index contributed by atoms with van der Waals surface area (Å²) < 4.78 is 14.1. The van der Waals surface area contributed by atoms with Crippen LogP contribution in [0.3, 0.4) is 0 Å². The summed E-state index contributed by atoms with van der Waals surface area (Å²) in [6.07, 6.45) is 0.504. The normalized spacial score (nSPS) is 12.5. The lowest BCUT2D eigenvalue weighted by molar-refractivity contribution is -0.385. The molecule has 8 nitrogen and oxygen atoms in total. The summed E-state index contributed by atoms with van der Waals surface area (Å²) in [7, 11) is 0. The van der Waals surface area contributed by atoms with Crippen molar-refractivity contribution in [1.29, 1.82) is 0 Å². The van der Waals surface area contributed by atoms with Gasteiger partial charge in [0.25, 0.3) is 17.3 Å². The monoisotopic (exact) mass is 439 g/mol. The molecular formula is C21H14FN3O5S. The van der Waals surface area contributed by atoms with E-state index < -0.39 is 21.6 Å². The number of non-ortho nitro benzene ring substituents is 2. The molecule has 1 aliphatic heterocycles. The zero-order valence-electron chi connectivity index (χ0n) is 15.9. The molecule has 156 valence electrons. The molecule has 0 bridgehead atoms. The molecular weight excluding hydrogens is 425 g/mol. The molecule has 31 heavy (non-hydrogen) atoms. The highest BCUT2D eigenvalue weighted by Gasteiger charge is 2.30. The smallest absolute Gasteiger partial charge is 0.271 e. The van der Waals surface area contributed by atoms with Crippen LogP contribution in [0.4, 0.5) is 21.5 Å². The maximum Gasteiger partial charge on any atom is 0.271 e. The Morgan fingerprint density at radius 1 is 0.935 bits per heavy atom. The summed E-state index contributed by atoms with van der Waals surface area (Å²) in [5.41, 5.74) is 0.764. The SMILES string of the molecule is O=C(c1cc([N+](=O)[O-])ccc1Sc1ccccc1F)N1CCc2ccc([N+](=O)[O-])cc21. The van der Waals surface area contributed by atoms with Crippen LogP contribution in [0.5, 0.6) is 0 Å². The number of benzene rings is 3. The van der Waals surface area contributed by atoms with Gasteiger partial charge in [-0.25, -0.2) is 4.39 Å². The van der Waals surface area contributed by atoms with Crippen molar-refractivity contribution in [2.24, 2.45) is 0 Å². The lowest BCUT2D eigenvalue weighted by atomic mass is 10.1. The van der Waals surface area contributed by atoms with Crippen molar-refractivity contribution in [3.63, 3.8) is 0 Å². The van der Waals surface area contributed by atoms with E-state index in [1.54, 1.807) is 18.2 Å². The van der Waals surface area contributed by atoms with Crippen LogP contribution in [-0.4, -0.2) is 22.3 Å². The summed E-state index contributed by atoms with van der Waals surface area (Å²) >= 11 is 0.984. The Morgan fingerprint density at radius 3 is 2.32 bits per heavy atom. The molecule has 0 radical (unpaired) electrons. The molecule has 0 atom stereocenters. The maximum absolute atomic E-state index is 14.1. The summed E-state index contributed by atoms with van der Waals surface area (Å²) in [6, 6.07) is 14.1. The first-order valence-corrected chi connectivity index (χ1v) is 9.97. The molecule has 10 heteroatoms. The van der Waals surface area contributed by atoms with Crippen molar-refractivity contribution in [3.8, 4) is 0 Å². The first kappa shape index (κ1) is 20.5. The van der Waals surface area contributed by atoms with E-state index in [4.69, 9.17) is 0 Å². The van der Waals surface area contributed by atoms with Crippen molar-refractivity contribution in [3.05, 3.63) is 97.8 Å². The Kier molecular flexibility index (Phi) is 5.38. The van der Waals surface area contributed by atoms with Crippen LogP contribution < -0.4 is 4.90 Å². The Hall–Kier alpha value is -3.79. The molecule has 1 aliphatic rings. The van der Waals surface area contributed by atoms with Gasteiger partial charge in [-0.15, -0.1) is 0 Å². The van der Waals surface area contributed by atoms with E-state index in [-0.39, 0.29) is 28.4 Å². The molecule has 3 aromatic rings. The van der Waals surface area contributed by atoms with Gasteiger partial charge in [0.15, 0.2) is 0 Å². The predicted octanol–water partition coefficient (Wildman–Crippen LogP) is 5.00. The summed E-state index contributed by atoms with van der Waals surface area (Å²) in [5, 5.41) is 22.4. The second kappa shape index (κ2) is 8.15.